The monoisotopic (exact) mass is 349 g/mol. The molecule has 2 aromatic heterocycles. The fourth-order valence-corrected chi connectivity index (χ4v) is 3.78. The molecule has 1 saturated heterocycles. The highest BCUT2D eigenvalue weighted by Crippen LogP contribution is 2.24. The molecular formula is C21H23N3O2. The first kappa shape index (κ1) is 16.8. The van der Waals surface area contributed by atoms with Crippen LogP contribution in [0.25, 0.3) is 5.52 Å². The zero-order chi connectivity index (χ0) is 17.9. The molecule has 1 aromatic carbocycles. The maximum Gasteiger partial charge on any atom is 0.272 e. The number of aromatic nitrogens is 2. The molecule has 3 heterocycles. The summed E-state index contributed by atoms with van der Waals surface area (Å²) in [5.74, 6) is 0.565. The minimum absolute atomic E-state index is 0.0166. The van der Waals surface area contributed by atoms with E-state index in [1.54, 1.807) is 6.33 Å². The lowest BCUT2D eigenvalue weighted by Gasteiger charge is -2.32. The smallest absolute Gasteiger partial charge is 0.272 e. The SMILES string of the molecule is O=C(c1cc2cccn2cn1)N1CCC(Cc2ccccc2CO)CC1. The highest BCUT2D eigenvalue weighted by molar-refractivity contribution is 5.93. The third kappa shape index (κ3) is 3.35. The Balaban J connectivity index is 1.39. The van der Waals surface area contributed by atoms with Gasteiger partial charge in [0.05, 0.1) is 12.9 Å². The van der Waals surface area contributed by atoms with E-state index in [1.165, 1.54) is 5.56 Å². The van der Waals surface area contributed by atoms with E-state index < -0.39 is 0 Å². The van der Waals surface area contributed by atoms with Gasteiger partial charge in [0.2, 0.25) is 0 Å². The van der Waals surface area contributed by atoms with Crippen LogP contribution in [0, 0.1) is 5.92 Å². The van der Waals surface area contributed by atoms with Gasteiger partial charge >= 0.3 is 0 Å². The third-order valence-electron chi connectivity index (χ3n) is 5.34. The molecule has 4 rings (SSSR count). The van der Waals surface area contributed by atoms with Crippen molar-refractivity contribution in [3.05, 3.63) is 71.8 Å². The van der Waals surface area contributed by atoms with Crippen LogP contribution < -0.4 is 0 Å². The van der Waals surface area contributed by atoms with Crippen molar-refractivity contribution in [2.45, 2.75) is 25.9 Å². The minimum Gasteiger partial charge on any atom is -0.392 e. The van der Waals surface area contributed by atoms with E-state index in [0.717, 1.165) is 43.4 Å². The van der Waals surface area contributed by atoms with Crippen molar-refractivity contribution in [3.8, 4) is 0 Å². The average molecular weight is 349 g/mol. The average Bonchev–Trinajstić information content (AvgIpc) is 3.16. The van der Waals surface area contributed by atoms with E-state index in [9.17, 15) is 9.90 Å². The lowest BCUT2D eigenvalue weighted by atomic mass is 9.88. The Bertz CT molecular complexity index is 910. The molecule has 1 aliphatic heterocycles. The van der Waals surface area contributed by atoms with Gasteiger partial charge < -0.3 is 14.4 Å². The molecule has 1 N–H and O–H groups in total. The fourth-order valence-electron chi connectivity index (χ4n) is 3.78. The number of hydrogen-bond donors (Lipinski definition) is 1. The summed E-state index contributed by atoms with van der Waals surface area (Å²) >= 11 is 0. The van der Waals surface area contributed by atoms with Crippen LogP contribution in [-0.2, 0) is 13.0 Å². The largest absolute Gasteiger partial charge is 0.392 e. The standard InChI is InChI=1S/C21H23N3O2/c25-14-18-5-2-1-4-17(18)12-16-7-10-23(11-8-16)21(26)20-13-19-6-3-9-24(19)15-22-20/h1-6,9,13,15-16,25H,7-8,10-12,14H2. The van der Waals surface area contributed by atoms with E-state index in [-0.39, 0.29) is 12.5 Å². The summed E-state index contributed by atoms with van der Waals surface area (Å²) in [6.07, 6.45) is 6.55. The first-order chi connectivity index (χ1) is 12.7. The number of hydrogen-bond acceptors (Lipinski definition) is 3. The van der Waals surface area contributed by atoms with Crippen molar-refractivity contribution in [1.82, 2.24) is 14.3 Å². The second kappa shape index (κ2) is 7.30. The van der Waals surface area contributed by atoms with Crippen LogP contribution in [0.5, 0.6) is 0 Å². The maximum atomic E-state index is 12.8. The minimum atomic E-state index is 0.0166. The molecule has 0 aliphatic carbocycles. The summed E-state index contributed by atoms with van der Waals surface area (Å²) in [6, 6.07) is 13.8. The normalized spacial score (nSPS) is 15.5. The molecule has 3 aromatic rings. The molecule has 1 amide bonds. The Morgan fingerprint density at radius 1 is 1.12 bits per heavy atom. The van der Waals surface area contributed by atoms with Gasteiger partial charge in [-0.25, -0.2) is 4.98 Å². The van der Waals surface area contributed by atoms with Gasteiger partial charge in [-0.3, -0.25) is 4.79 Å². The molecule has 26 heavy (non-hydrogen) atoms. The van der Waals surface area contributed by atoms with Crippen LogP contribution in [-0.4, -0.2) is 38.4 Å². The lowest BCUT2D eigenvalue weighted by molar-refractivity contribution is 0.0684. The molecule has 0 spiro atoms. The van der Waals surface area contributed by atoms with Crippen LogP contribution in [0.2, 0.25) is 0 Å². The molecule has 5 heteroatoms. The van der Waals surface area contributed by atoms with Crippen molar-refractivity contribution in [2.24, 2.45) is 5.92 Å². The van der Waals surface area contributed by atoms with Crippen molar-refractivity contribution < 1.29 is 9.90 Å². The highest BCUT2D eigenvalue weighted by Gasteiger charge is 2.25. The molecule has 134 valence electrons. The van der Waals surface area contributed by atoms with Gasteiger partial charge in [-0.15, -0.1) is 0 Å². The predicted molar refractivity (Wildman–Crippen MR) is 99.9 cm³/mol. The van der Waals surface area contributed by atoms with Crippen LogP contribution in [0.15, 0.2) is 55.0 Å². The second-order valence-corrected chi connectivity index (χ2v) is 6.98. The second-order valence-electron chi connectivity index (χ2n) is 6.98. The Labute approximate surface area is 152 Å². The van der Waals surface area contributed by atoms with Gasteiger partial charge in [0, 0.05) is 24.8 Å². The maximum absolute atomic E-state index is 12.8. The lowest BCUT2D eigenvalue weighted by Crippen LogP contribution is -2.39. The molecule has 0 unspecified atom stereocenters. The number of amides is 1. The number of piperidine rings is 1. The summed E-state index contributed by atoms with van der Waals surface area (Å²) in [5, 5.41) is 9.49. The van der Waals surface area contributed by atoms with E-state index in [0.29, 0.717) is 11.6 Å². The predicted octanol–water partition coefficient (Wildman–Crippen LogP) is 2.92. The Hall–Kier alpha value is -2.66. The zero-order valence-corrected chi connectivity index (χ0v) is 14.7. The summed E-state index contributed by atoms with van der Waals surface area (Å²) in [5.41, 5.74) is 3.73. The summed E-state index contributed by atoms with van der Waals surface area (Å²) in [4.78, 5) is 19.0. The number of aliphatic hydroxyl groups excluding tert-OH is 1. The molecule has 0 saturated carbocycles. The summed E-state index contributed by atoms with van der Waals surface area (Å²) < 4.78 is 1.90. The van der Waals surface area contributed by atoms with Crippen molar-refractivity contribution >= 4 is 11.4 Å². The van der Waals surface area contributed by atoms with Gasteiger partial charge in [-0.2, -0.15) is 0 Å². The molecule has 1 aliphatic rings. The summed E-state index contributed by atoms with van der Waals surface area (Å²) in [7, 11) is 0. The van der Waals surface area contributed by atoms with Gasteiger partial charge in [0.25, 0.3) is 5.91 Å². The van der Waals surface area contributed by atoms with Gasteiger partial charge in [-0.05, 0) is 54.5 Å². The molecular weight excluding hydrogens is 326 g/mol. The van der Waals surface area contributed by atoms with Crippen LogP contribution in [0.4, 0.5) is 0 Å². The van der Waals surface area contributed by atoms with Crippen molar-refractivity contribution in [2.75, 3.05) is 13.1 Å². The third-order valence-corrected chi connectivity index (χ3v) is 5.34. The molecule has 0 radical (unpaired) electrons. The molecule has 1 fully saturated rings. The number of aliphatic hydroxyl groups is 1. The number of benzene rings is 1. The van der Waals surface area contributed by atoms with Crippen molar-refractivity contribution in [1.29, 1.82) is 0 Å². The quantitative estimate of drug-likeness (QED) is 0.788. The topological polar surface area (TPSA) is 57.8 Å². The molecule has 5 nitrogen and oxygen atoms in total. The first-order valence-electron chi connectivity index (χ1n) is 9.14. The Morgan fingerprint density at radius 3 is 2.65 bits per heavy atom. The number of carbonyl (C=O) groups is 1. The van der Waals surface area contributed by atoms with E-state index >= 15 is 0 Å². The zero-order valence-electron chi connectivity index (χ0n) is 14.7. The van der Waals surface area contributed by atoms with Gasteiger partial charge in [0.15, 0.2) is 0 Å². The van der Waals surface area contributed by atoms with Gasteiger partial charge in [-0.1, -0.05) is 24.3 Å². The van der Waals surface area contributed by atoms with E-state index in [2.05, 4.69) is 11.1 Å². The highest BCUT2D eigenvalue weighted by atomic mass is 16.3. The number of likely N-dealkylation sites (tertiary alicyclic amines) is 1. The number of nitrogens with zero attached hydrogens (tertiary/aromatic N) is 3. The van der Waals surface area contributed by atoms with E-state index in [1.807, 2.05) is 51.9 Å². The van der Waals surface area contributed by atoms with Crippen LogP contribution in [0.1, 0.15) is 34.5 Å². The number of fused-ring (bicyclic) bond motifs is 1. The summed E-state index contributed by atoms with van der Waals surface area (Å²) in [6.45, 7) is 1.61. The number of carbonyl (C=O) groups excluding carboxylic acids is 1. The molecule has 0 bridgehead atoms. The van der Waals surface area contributed by atoms with Crippen LogP contribution in [0.3, 0.4) is 0 Å². The number of rotatable bonds is 4. The van der Waals surface area contributed by atoms with Crippen molar-refractivity contribution in [3.63, 3.8) is 0 Å². The molecule has 0 atom stereocenters. The van der Waals surface area contributed by atoms with Gasteiger partial charge in [0.1, 0.15) is 5.69 Å². The van der Waals surface area contributed by atoms with E-state index in [4.69, 9.17) is 0 Å². The first-order valence-corrected chi connectivity index (χ1v) is 9.14. The Morgan fingerprint density at radius 2 is 1.88 bits per heavy atom. The Kier molecular flexibility index (Phi) is 4.71. The fraction of sp³-hybridized carbons (Fsp3) is 0.333. The van der Waals surface area contributed by atoms with Crippen LogP contribution >= 0.6 is 0 Å².